The third-order valence-corrected chi connectivity index (χ3v) is 7.78. The minimum absolute atomic E-state index is 0.170. The van der Waals surface area contributed by atoms with Crippen LogP contribution in [0.15, 0.2) is 156 Å². The molecule has 0 unspecified atom stereocenters. The van der Waals surface area contributed by atoms with E-state index in [9.17, 15) is 0 Å². The Hall–Kier alpha value is -4.96. The zero-order valence-corrected chi connectivity index (χ0v) is 22.2. The molecular weight excluding hydrogens is 488 g/mol. The Morgan fingerprint density at radius 1 is 0.400 bits per heavy atom. The molecule has 0 aliphatic carbocycles. The van der Waals surface area contributed by atoms with Crippen molar-refractivity contribution in [3.63, 3.8) is 0 Å². The van der Waals surface area contributed by atoms with E-state index in [1.165, 1.54) is 11.1 Å². The van der Waals surface area contributed by atoms with Crippen LogP contribution < -0.4 is 10.0 Å². The van der Waals surface area contributed by atoms with E-state index < -0.39 is 0 Å². The SMILES string of the molecule is c1ccc([C@@H]2CC(c3ccc(C4=NN(c5ccccc5)[C@H](c5ccccc5)C4)cc3)=NN2c2ccccc2)cc1. The molecule has 0 N–H and O–H groups in total. The van der Waals surface area contributed by atoms with Gasteiger partial charge in [0.25, 0.3) is 0 Å². The van der Waals surface area contributed by atoms with E-state index >= 15 is 0 Å². The monoisotopic (exact) mass is 518 g/mol. The van der Waals surface area contributed by atoms with Gasteiger partial charge in [-0.2, -0.15) is 10.2 Å². The van der Waals surface area contributed by atoms with Crippen molar-refractivity contribution in [2.45, 2.75) is 24.9 Å². The van der Waals surface area contributed by atoms with Gasteiger partial charge in [-0.3, -0.25) is 10.0 Å². The van der Waals surface area contributed by atoms with Crippen molar-refractivity contribution in [2.24, 2.45) is 10.2 Å². The molecule has 0 saturated heterocycles. The smallest absolute Gasteiger partial charge is 0.0831 e. The summed E-state index contributed by atoms with van der Waals surface area (Å²) >= 11 is 0. The van der Waals surface area contributed by atoms with Gasteiger partial charge in [-0.15, -0.1) is 0 Å². The molecule has 4 heteroatoms. The summed E-state index contributed by atoms with van der Waals surface area (Å²) < 4.78 is 0. The van der Waals surface area contributed by atoms with Crippen LogP contribution in [0.2, 0.25) is 0 Å². The van der Waals surface area contributed by atoms with E-state index in [4.69, 9.17) is 10.2 Å². The lowest BCUT2D eigenvalue weighted by Crippen LogP contribution is -2.18. The first-order valence-corrected chi connectivity index (χ1v) is 13.9. The Kier molecular flexibility index (Phi) is 6.42. The van der Waals surface area contributed by atoms with Gasteiger partial charge in [0.2, 0.25) is 0 Å². The van der Waals surface area contributed by atoms with Gasteiger partial charge in [0.1, 0.15) is 0 Å². The third-order valence-electron chi connectivity index (χ3n) is 7.78. The molecule has 2 heterocycles. The first-order valence-electron chi connectivity index (χ1n) is 13.9. The summed E-state index contributed by atoms with van der Waals surface area (Å²) in [5, 5.41) is 14.6. The number of hydrogen-bond acceptors (Lipinski definition) is 4. The molecule has 2 aliphatic rings. The van der Waals surface area contributed by atoms with Crippen molar-refractivity contribution in [2.75, 3.05) is 10.0 Å². The van der Waals surface area contributed by atoms with Gasteiger partial charge in [-0.1, -0.05) is 121 Å². The maximum atomic E-state index is 5.13. The maximum absolute atomic E-state index is 5.13. The Morgan fingerprint density at radius 3 is 1.07 bits per heavy atom. The van der Waals surface area contributed by atoms with Crippen LogP contribution >= 0.6 is 0 Å². The highest BCUT2D eigenvalue weighted by Gasteiger charge is 2.31. The fourth-order valence-electron chi connectivity index (χ4n) is 5.73. The average molecular weight is 519 g/mol. The molecule has 0 saturated carbocycles. The van der Waals surface area contributed by atoms with Gasteiger partial charge < -0.3 is 0 Å². The van der Waals surface area contributed by atoms with E-state index in [1.807, 2.05) is 12.1 Å². The highest BCUT2D eigenvalue weighted by molar-refractivity contribution is 6.06. The lowest BCUT2D eigenvalue weighted by atomic mass is 9.95. The lowest BCUT2D eigenvalue weighted by molar-refractivity contribution is 0.709. The normalized spacial score (nSPS) is 18.5. The molecular formula is C36H30N4. The van der Waals surface area contributed by atoms with E-state index in [0.717, 1.165) is 46.8 Å². The number of benzene rings is 5. The van der Waals surface area contributed by atoms with Crippen LogP contribution in [0.3, 0.4) is 0 Å². The quantitative estimate of drug-likeness (QED) is 0.226. The number of hydrogen-bond donors (Lipinski definition) is 0. The molecule has 0 spiro atoms. The van der Waals surface area contributed by atoms with E-state index in [-0.39, 0.29) is 12.1 Å². The second-order valence-electron chi connectivity index (χ2n) is 10.3. The number of rotatable bonds is 6. The number of anilines is 2. The number of hydrazone groups is 2. The van der Waals surface area contributed by atoms with E-state index in [2.05, 4.69) is 143 Å². The third kappa shape index (κ3) is 4.69. The predicted molar refractivity (Wildman–Crippen MR) is 165 cm³/mol. The van der Waals surface area contributed by atoms with E-state index in [1.54, 1.807) is 0 Å². The molecule has 4 nitrogen and oxygen atoms in total. The van der Waals surface area contributed by atoms with Crippen molar-refractivity contribution >= 4 is 22.8 Å². The Morgan fingerprint density at radius 2 is 0.725 bits per heavy atom. The fourth-order valence-corrected chi connectivity index (χ4v) is 5.73. The summed E-state index contributed by atoms with van der Waals surface area (Å²) in [5.74, 6) is 0. The van der Waals surface area contributed by atoms with Crippen molar-refractivity contribution in [1.82, 2.24) is 0 Å². The van der Waals surface area contributed by atoms with Gasteiger partial charge in [-0.25, -0.2) is 0 Å². The Bertz CT molecular complexity index is 1500. The predicted octanol–water partition coefficient (Wildman–Crippen LogP) is 8.40. The van der Waals surface area contributed by atoms with Gasteiger partial charge in [0.05, 0.1) is 34.9 Å². The molecule has 2 atom stereocenters. The first-order chi connectivity index (χ1) is 19.8. The topological polar surface area (TPSA) is 31.2 Å². The molecule has 5 aromatic carbocycles. The first kappa shape index (κ1) is 24.1. The van der Waals surface area contributed by atoms with Gasteiger partial charge in [0, 0.05) is 12.8 Å². The van der Waals surface area contributed by atoms with Crippen LogP contribution in [-0.2, 0) is 0 Å². The molecule has 0 bridgehead atoms. The van der Waals surface area contributed by atoms with Crippen LogP contribution in [0.25, 0.3) is 0 Å². The maximum Gasteiger partial charge on any atom is 0.0831 e. The lowest BCUT2D eigenvalue weighted by Gasteiger charge is -2.23. The van der Waals surface area contributed by atoms with Crippen molar-refractivity contribution in [3.05, 3.63) is 168 Å². The zero-order chi connectivity index (χ0) is 26.7. The molecule has 40 heavy (non-hydrogen) atoms. The molecule has 0 fully saturated rings. The average Bonchev–Trinajstić information content (AvgIpc) is 3.69. The van der Waals surface area contributed by atoms with Gasteiger partial charge in [0.15, 0.2) is 0 Å². The molecule has 0 amide bonds. The summed E-state index contributed by atoms with van der Waals surface area (Å²) in [6.07, 6.45) is 1.72. The molecule has 5 aromatic rings. The highest BCUT2D eigenvalue weighted by Crippen LogP contribution is 2.38. The molecule has 0 radical (unpaired) electrons. The second kappa shape index (κ2) is 10.7. The summed E-state index contributed by atoms with van der Waals surface area (Å²) in [7, 11) is 0. The largest absolute Gasteiger partial charge is 0.257 e. The highest BCUT2D eigenvalue weighted by atomic mass is 15.5. The summed E-state index contributed by atoms with van der Waals surface area (Å²) in [6, 6.07) is 51.4. The molecule has 2 aliphatic heterocycles. The molecule has 0 aromatic heterocycles. The number of nitrogens with zero attached hydrogens (tertiary/aromatic N) is 4. The van der Waals surface area contributed by atoms with Crippen molar-refractivity contribution < 1.29 is 0 Å². The van der Waals surface area contributed by atoms with Gasteiger partial charge >= 0.3 is 0 Å². The zero-order valence-electron chi connectivity index (χ0n) is 22.2. The van der Waals surface area contributed by atoms with Crippen LogP contribution in [0.4, 0.5) is 11.4 Å². The second-order valence-corrected chi connectivity index (χ2v) is 10.3. The standard InChI is InChI=1S/C36H30N4/c1-5-13-29(14-6-1)35-25-33(37-39(35)31-17-9-3-10-18-31)27-21-23-28(24-22-27)34-26-36(30-15-7-2-8-16-30)40(38-34)32-19-11-4-12-20-32/h1-24,35-36H,25-26H2/t35-,36-/m0/s1. The molecule has 194 valence electrons. The minimum Gasteiger partial charge on any atom is -0.257 e. The van der Waals surface area contributed by atoms with Crippen molar-refractivity contribution in [3.8, 4) is 0 Å². The minimum atomic E-state index is 0.170. The van der Waals surface area contributed by atoms with Crippen LogP contribution in [0, 0.1) is 0 Å². The van der Waals surface area contributed by atoms with Crippen LogP contribution in [0.1, 0.15) is 47.2 Å². The van der Waals surface area contributed by atoms with Crippen molar-refractivity contribution in [1.29, 1.82) is 0 Å². The Balaban J connectivity index is 1.18. The summed E-state index contributed by atoms with van der Waals surface area (Å²) in [5.41, 5.74) is 9.27. The van der Waals surface area contributed by atoms with Crippen LogP contribution in [0.5, 0.6) is 0 Å². The summed E-state index contributed by atoms with van der Waals surface area (Å²) in [4.78, 5) is 0. The molecule has 7 rings (SSSR count). The summed E-state index contributed by atoms with van der Waals surface area (Å²) in [6.45, 7) is 0. The van der Waals surface area contributed by atoms with Gasteiger partial charge in [-0.05, 0) is 46.5 Å². The Labute approximate surface area is 235 Å². The van der Waals surface area contributed by atoms with E-state index in [0.29, 0.717) is 0 Å². The number of para-hydroxylation sites is 2. The van der Waals surface area contributed by atoms with Crippen LogP contribution in [-0.4, -0.2) is 11.4 Å². The fraction of sp³-hybridized carbons (Fsp3) is 0.111.